The topological polar surface area (TPSA) is 71.3 Å². The Hall–Kier alpha value is -3.48. The fraction of sp³-hybridized carbons (Fsp3) is 0.200. The second-order valence-electron chi connectivity index (χ2n) is 6.46. The monoisotopic (exact) mass is 361 g/mol. The van der Waals surface area contributed by atoms with Crippen LogP contribution in [-0.2, 0) is 4.79 Å². The highest BCUT2D eigenvalue weighted by Gasteiger charge is 2.29. The molecule has 0 saturated carbocycles. The third kappa shape index (κ3) is 3.31. The van der Waals surface area contributed by atoms with Crippen LogP contribution in [-0.4, -0.2) is 51.1 Å². The van der Waals surface area contributed by atoms with Crippen molar-refractivity contribution in [1.82, 2.24) is 19.7 Å². The van der Waals surface area contributed by atoms with Gasteiger partial charge in [-0.05, 0) is 31.2 Å². The number of piperazine rings is 1. The van der Waals surface area contributed by atoms with E-state index in [2.05, 4.69) is 10.1 Å². The van der Waals surface area contributed by atoms with Gasteiger partial charge in [0.05, 0.1) is 11.3 Å². The van der Waals surface area contributed by atoms with Gasteiger partial charge in [0.15, 0.2) is 0 Å². The van der Waals surface area contributed by atoms with E-state index in [0.717, 1.165) is 11.3 Å². The first-order chi connectivity index (χ1) is 13.1. The van der Waals surface area contributed by atoms with E-state index in [4.69, 9.17) is 0 Å². The SMILES string of the molecule is Cc1ccc(N2CCN(C(=O)c3ccccc3-n3cncn3)CC2=O)cc1. The number of nitrogens with zero attached hydrogens (tertiary/aromatic N) is 5. The Morgan fingerprint density at radius 2 is 1.81 bits per heavy atom. The van der Waals surface area contributed by atoms with Gasteiger partial charge in [-0.25, -0.2) is 9.67 Å². The number of para-hydroxylation sites is 1. The molecule has 1 aliphatic rings. The number of benzene rings is 2. The highest BCUT2D eigenvalue weighted by molar-refractivity contribution is 6.03. The maximum absolute atomic E-state index is 13.0. The lowest BCUT2D eigenvalue weighted by molar-refractivity contribution is -0.120. The molecule has 1 saturated heterocycles. The molecule has 0 aliphatic carbocycles. The van der Waals surface area contributed by atoms with Gasteiger partial charge in [0.2, 0.25) is 5.91 Å². The molecule has 0 spiro atoms. The van der Waals surface area contributed by atoms with E-state index in [-0.39, 0.29) is 18.4 Å². The molecule has 7 nitrogen and oxygen atoms in total. The zero-order chi connectivity index (χ0) is 18.8. The molecule has 1 aliphatic heterocycles. The Morgan fingerprint density at radius 1 is 1.04 bits per heavy atom. The Kier molecular flexibility index (Phi) is 4.42. The van der Waals surface area contributed by atoms with Crippen molar-refractivity contribution < 1.29 is 9.59 Å². The molecule has 0 atom stereocenters. The van der Waals surface area contributed by atoms with Crippen LogP contribution in [0.4, 0.5) is 5.69 Å². The minimum absolute atomic E-state index is 0.0540. The quantitative estimate of drug-likeness (QED) is 0.716. The normalized spacial score (nSPS) is 14.5. The number of anilines is 1. The summed E-state index contributed by atoms with van der Waals surface area (Å²) in [6.45, 7) is 3.01. The predicted octanol–water partition coefficient (Wildman–Crippen LogP) is 2.06. The number of carbonyl (C=O) groups is 2. The summed E-state index contributed by atoms with van der Waals surface area (Å²) in [6, 6.07) is 15.0. The van der Waals surface area contributed by atoms with Gasteiger partial charge >= 0.3 is 0 Å². The highest BCUT2D eigenvalue weighted by Crippen LogP contribution is 2.21. The highest BCUT2D eigenvalue weighted by atomic mass is 16.2. The summed E-state index contributed by atoms with van der Waals surface area (Å²) in [6.07, 6.45) is 2.97. The van der Waals surface area contributed by atoms with E-state index < -0.39 is 0 Å². The molecule has 0 radical (unpaired) electrons. The zero-order valence-electron chi connectivity index (χ0n) is 14.9. The van der Waals surface area contributed by atoms with E-state index in [1.807, 2.05) is 43.3 Å². The van der Waals surface area contributed by atoms with Crippen molar-refractivity contribution >= 4 is 17.5 Å². The lowest BCUT2D eigenvalue weighted by Gasteiger charge is -2.34. The first kappa shape index (κ1) is 17.0. The molecule has 136 valence electrons. The molecular formula is C20H19N5O2. The summed E-state index contributed by atoms with van der Waals surface area (Å²) in [5.74, 6) is -0.269. The van der Waals surface area contributed by atoms with Crippen molar-refractivity contribution in [3.63, 3.8) is 0 Å². The van der Waals surface area contributed by atoms with Crippen LogP contribution in [0.2, 0.25) is 0 Å². The fourth-order valence-electron chi connectivity index (χ4n) is 3.20. The predicted molar refractivity (Wildman–Crippen MR) is 101 cm³/mol. The second kappa shape index (κ2) is 7.03. The molecule has 0 unspecified atom stereocenters. The number of aryl methyl sites for hydroxylation is 1. The van der Waals surface area contributed by atoms with Crippen LogP contribution in [0, 0.1) is 6.92 Å². The van der Waals surface area contributed by atoms with E-state index in [1.54, 1.807) is 32.9 Å². The minimum atomic E-state index is -0.182. The van der Waals surface area contributed by atoms with E-state index >= 15 is 0 Å². The molecule has 2 heterocycles. The number of hydrogen-bond donors (Lipinski definition) is 0. The summed E-state index contributed by atoms with van der Waals surface area (Å²) in [4.78, 5) is 32.9. The van der Waals surface area contributed by atoms with Crippen molar-refractivity contribution in [1.29, 1.82) is 0 Å². The average Bonchev–Trinajstić information content (AvgIpc) is 3.23. The van der Waals surface area contributed by atoms with E-state index in [0.29, 0.717) is 24.3 Å². The second-order valence-corrected chi connectivity index (χ2v) is 6.46. The minimum Gasteiger partial charge on any atom is -0.327 e. The largest absolute Gasteiger partial charge is 0.327 e. The van der Waals surface area contributed by atoms with Gasteiger partial charge in [-0.1, -0.05) is 29.8 Å². The van der Waals surface area contributed by atoms with Gasteiger partial charge < -0.3 is 9.80 Å². The Morgan fingerprint density at radius 3 is 2.52 bits per heavy atom. The zero-order valence-corrected chi connectivity index (χ0v) is 14.9. The van der Waals surface area contributed by atoms with Gasteiger partial charge in [0.1, 0.15) is 19.2 Å². The van der Waals surface area contributed by atoms with Gasteiger partial charge in [0, 0.05) is 18.8 Å². The van der Waals surface area contributed by atoms with Crippen molar-refractivity contribution in [3.8, 4) is 5.69 Å². The maximum atomic E-state index is 13.0. The summed E-state index contributed by atoms with van der Waals surface area (Å²) in [7, 11) is 0. The Labute approximate surface area is 156 Å². The van der Waals surface area contributed by atoms with Crippen LogP contribution >= 0.6 is 0 Å². The van der Waals surface area contributed by atoms with E-state index in [1.165, 1.54) is 6.33 Å². The Balaban J connectivity index is 1.54. The average molecular weight is 361 g/mol. The third-order valence-electron chi connectivity index (χ3n) is 4.65. The number of hydrogen-bond acceptors (Lipinski definition) is 4. The molecular weight excluding hydrogens is 342 g/mol. The standard InChI is InChI=1S/C20H19N5O2/c1-15-6-8-16(9-7-15)24-11-10-23(12-19(24)26)20(27)17-4-2-3-5-18(17)25-14-21-13-22-25/h2-9,13-14H,10-12H2,1H3. The van der Waals surface area contributed by atoms with Crippen LogP contribution < -0.4 is 4.90 Å². The van der Waals surface area contributed by atoms with Crippen LogP contribution in [0.25, 0.3) is 5.69 Å². The van der Waals surface area contributed by atoms with Gasteiger partial charge in [-0.3, -0.25) is 9.59 Å². The first-order valence-corrected chi connectivity index (χ1v) is 8.74. The van der Waals surface area contributed by atoms with Crippen LogP contribution in [0.15, 0.2) is 61.2 Å². The van der Waals surface area contributed by atoms with Crippen LogP contribution in [0.1, 0.15) is 15.9 Å². The molecule has 7 heteroatoms. The summed E-state index contributed by atoms with van der Waals surface area (Å²) >= 11 is 0. The molecule has 3 aromatic rings. The molecule has 2 amide bonds. The van der Waals surface area contributed by atoms with Crippen molar-refractivity contribution in [2.45, 2.75) is 6.92 Å². The van der Waals surface area contributed by atoms with Crippen LogP contribution in [0.5, 0.6) is 0 Å². The third-order valence-corrected chi connectivity index (χ3v) is 4.65. The molecule has 0 N–H and O–H groups in total. The van der Waals surface area contributed by atoms with Crippen molar-refractivity contribution in [3.05, 3.63) is 72.3 Å². The van der Waals surface area contributed by atoms with Gasteiger partial charge in [-0.15, -0.1) is 0 Å². The molecule has 0 bridgehead atoms. The maximum Gasteiger partial charge on any atom is 0.256 e. The number of aromatic nitrogens is 3. The smallest absolute Gasteiger partial charge is 0.256 e. The molecule has 4 rings (SSSR count). The molecule has 1 aromatic heterocycles. The molecule has 2 aromatic carbocycles. The lowest BCUT2D eigenvalue weighted by Crippen LogP contribution is -2.52. The van der Waals surface area contributed by atoms with Gasteiger partial charge in [0.25, 0.3) is 5.91 Å². The number of rotatable bonds is 3. The molecule has 27 heavy (non-hydrogen) atoms. The number of carbonyl (C=O) groups excluding carboxylic acids is 2. The van der Waals surface area contributed by atoms with Crippen molar-refractivity contribution in [2.75, 3.05) is 24.5 Å². The van der Waals surface area contributed by atoms with E-state index in [9.17, 15) is 9.59 Å². The van der Waals surface area contributed by atoms with Crippen molar-refractivity contribution in [2.24, 2.45) is 0 Å². The molecule has 1 fully saturated rings. The Bertz CT molecular complexity index is 966. The number of amides is 2. The lowest BCUT2D eigenvalue weighted by atomic mass is 10.1. The summed E-state index contributed by atoms with van der Waals surface area (Å²) in [5.41, 5.74) is 3.15. The fourth-order valence-corrected chi connectivity index (χ4v) is 3.20. The van der Waals surface area contributed by atoms with Gasteiger partial charge in [-0.2, -0.15) is 5.10 Å². The first-order valence-electron chi connectivity index (χ1n) is 8.74. The summed E-state index contributed by atoms with van der Waals surface area (Å²) in [5, 5.41) is 4.11. The summed E-state index contributed by atoms with van der Waals surface area (Å²) < 4.78 is 1.55. The van der Waals surface area contributed by atoms with Crippen LogP contribution in [0.3, 0.4) is 0 Å².